The molecule has 0 bridgehead atoms. The zero-order valence-electron chi connectivity index (χ0n) is 9.75. The van der Waals surface area contributed by atoms with E-state index >= 15 is 0 Å². The fourth-order valence-electron chi connectivity index (χ4n) is 1.91. The highest BCUT2D eigenvalue weighted by Crippen LogP contribution is 2.30. The Balaban J connectivity index is 1.85. The number of carbonyl (C=O) groups is 2. The van der Waals surface area contributed by atoms with Crippen LogP contribution < -0.4 is 5.32 Å². The van der Waals surface area contributed by atoms with Gasteiger partial charge in [-0.2, -0.15) is 0 Å². The zero-order valence-corrected chi connectivity index (χ0v) is 10.6. The summed E-state index contributed by atoms with van der Waals surface area (Å²) in [6.07, 6.45) is 3.59. The van der Waals surface area contributed by atoms with Gasteiger partial charge in [-0.3, -0.25) is 9.59 Å². The van der Waals surface area contributed by atoms with E-state index in [1.165, 1.54) is 24.0 Å². The van der Waals surface area contributed by atoms with Crippen LogP contribution in [-0.2, 0) is 22.4 Å². The van der Waals surface area contributed by atoms with Gasteiger partial charge in [-0.1, -0.05) is 0 Å². The van der Waals surface area contributed by atoms with Crippen molar-refractivity contribution in [3.8, 4) is 0 Å². The van der Waals surface area contributed by atoms with Crippen molar-refractivity contribution in [2.75, 3.05) is 13.7 Å². The van der Waals surface area contributed by atoms with Crippen LogP contribution in [0.4, 0.5) is 0 Å². The Kier molecular flexibility index (Phi) is 3.78. The maximum atomic E-state index is 11.8. The first kappa shape index (κ1) is 12.1. The van der Waals surface area contributed by atoms with Gasteiger partial charge in [0.1, 0.15) is 0 Å². The van der Waals surface area contributed by atoms with E-state index < -0.39 is 0 Å². The number of rotatable bonds is 4. The molecule has 17 heavy (non-hydrogen) atoms. The number of methoxy groups -OCH3 is 1. The number of fused-ring (bicyclic) bond motifs is 1. The number of ether oxygens (including phenoxy) is 1. The molecule has 0 unspecified atom stereocenters. The molecule has 5 heteroatoms. The van der Waals surface area contributed by atoms with Gasteiger partial charge in [0, 0.05) is 11.4 Å². The van der Waals surface area contributed by atoms with E-state index in [1.54, 1.807) is 11.3 Å². The van der Waals surface area contributed by atoms with Crippen molar-refractivity contribution in [2.24, 2.45) is 0 Å². The number of hydrogen-bond acceptors (Lipinski definition) is 4. The van der Waals surface area contributed by atoms with Gasteiger partial charge in [-0.15, -0.1) is 11.3 Å². The summed E-state index contributed by atoms with van der Waals surface area (Å²) in [4.78, 5) is 24.7. The topological polar surface area (TPSA) is 55.4 Å². The van der Waals surface area contributed by atoms with Crippen LogP contribution in [0.15, 0.2) is 6.07 Å². The highest BCUT2D eigenvalue weighted by atomic mass is 32.1. The monoisotopic (exact) mass is 253 g/mol. The highest BCUT2D eigenvalue weighted by molar-refractivity contribution is 7.14. The largest absolute Gasteiger partial charge is 0.469 e. The highest BCUT2D eigenvalue weighted by Gasteiger charge is 2.18. The molecule has 1 aromatic rings. The third kappa shape index (κ3) is 2.85. The van der Waals surface area contributed by atoms with Crippen LogP contribution >= 0.6 is 11.3 Å². The van der Waals surface area contributed by atoms with E-state index in [0.29, 0.717) is 6.54 Å². The van der Waals surface area contributed by atoms with Gasteiger partial charge in [0.05, 0.1) is 18.4 Å². The van der Waals surface area contributed by atoms with Crippen molar-refractivity contribution in [1.29, 1.82) is 0 Å². The lowest BCUT2D eigenvalue weighted by molar-refractivity contribution is -0.140. The smallest absolute Gasteiger partial charge is 0.307 e. The number of amides is 1. The summed E-state index contributed by atoms with van der Waals surface area (Å²) in [7, 11) is 1.34. The van der Waals surface area contributed by atoms with Crippen molar-refractivity contribution in [3.05, 3.63) is 21.4 Å². The second-order valence-corrected chi connectivity index (χ2v) is 5.13. The second kappa shape index (κ2) is 5.31. The van der Waals surface area contributed by atoms with E-state index in [1.807, 2.05) is 6.07 Å². The molecule has 1 aliphatic carbocycles. The van der Waals surface area contributed by atoms with Crippen LogP contribution in [0.5, 0.6) is 0 Å². The van der Waals surface area contributed by atoms with Gasteiger partial charge in [-0.25, -0.2) is 0 Å². The van der Waals surface area contributed by atoms with Crippen molar-refractivity contribution < 1.29 is 14.3 Å². The molecular formula is C12H15NO3S. The van der Waals surface area contributed by atoms with Crippen LogP contribution in [0.3, 0.4) is 0 Å². The number of esters is 1. The number of thiophene rings is 1. The molecule has 0 aromatic carbocycles. The zero-order chi connectivity index (χ0) is 12.3. The molecule has 1 N–H and O–H groups in total. The van der Waals surface area contributed by atoms with Gasteiger partial charge in [-0.05, 0) is 30.9 Å². The average Bonchev–Trinajstić information content (AvgIpc) is 2.88. The summed E-state index contributed by atoms with van der Waals surface area (Å²) in [6.45, 7) is 0.327. The van der Waals surface area contributed by atoms with Gasteiger partial charge in [0.15, 0.2) is 0 Å². The molecule has 0 fully saturated rings. The van der Waals surface area contributed by atoms with Crippen molar-refractivity contribution >= 4 is 23.2 Å². The minimum Gasteiger partial charge on any atom is -0.469 e. The van der Waals surface area contributed by atoms with Crippen molar-refractivity contribution in [1.82, 2.24) is 5.32 Å². The molecule has 4 nitrogen and oxygen atoms in total. The molecule has 0 aliphatic heterocycles. The minimum atomic E-state index is -0.307. The molecule has 0 saturated carbocycles. The molecule has 0 saturated heterocycles. The van der Waals surface area contributed by atoms with Crippen LogP contribution in [0, 0.1) is 0 Å². The Morgan fingerprint density at radius 1 is 1.47 bits per heavy atom. The lowest BCUT2D eigenvalue weighted by Gasteiger charge is -2.02. The Hall–Kier alpha value is -1.36. The summed E-state index contributed by atoms with van der Waals surface area (Å²) in [5.41, 5.74) is 1.31. The van der Waals surface area contributed by atoms with Gasteiger partial charge >= 0.3 is 5.97 Å². The van der Waals surface area contributed by atoms with Crippen LogP contribution in [-0.4, -0.2) is 25.5 Å². The molecule has 1 aromatic heterocycles. The first-order chi connectivity index (χ1) is 8.20. The molecule has 1 aliphatic rings. The SMILES string of the molecule is COC(=O)CCNC(=O)c1cc2c(s1)CCC2. The van der Waals surface area contributed by atoms with E-state index in [0.717, 1.165) is 17.7 Å². The van der Waals surface area contributed by atoms with Crippen LogP contribution in [0.25, 0.3) is 0 Å². The van der Waals surface area contributed by atoms with Crippen LogP contribution in [0.1, 0.15) is 33.0 Å². The third-order valence-corrected chi connectivity index (χ3v) is 4.05. The van der Waals surface area contributed by atoms with Gasteiger partial charge in [0.25, 0.3) is 5.91 Å². The Bertz CT molecular complexity index is 417. The summed E-state index contributed by atoms with van der Waals surface area (Å²) < 4.78 is 4.50. The van der Waals surface area contributed by atoms with Gasteiger partial charge < -0.3 is 10.1 Å². The fraction of sp³-hybridized carbons (Fsp3) is 0.500. The predicted molar refractivity (Wildman–Crippen MR) is 65.3 cm³/mol. The molecule has 0 atom stereocenters. The maximum absolute atomic E-state index is 11.8. The molecule has 92 valence electrons. The Morgan fingerprint density at radius 3 is 3.00 bits per heavy atom. The minimum absolute atomic E-state index is 0.0895. The quantitative estimate of drug-likeness (QED) is 0.828. The normalized spacial score (nSPS) is 13.2. The second-order valence-electron chi connectivity index (χ2n) is 3.99. The third-order valence-electron chi connectivity index (χ3n) is 2.81. The maximum Gasteiger partial charge on any atom is 0.307 e. The van der Waals surface area contributed by atoms with E-state index in [4.69, 9.17) is 0 Å². The number of nitrogens with one attached hydrogen (secondary N) is 1. The summed E-state index contributed by atoms with van der Waals surface area (Å²) in [5, 5.41) is 2.72. The summed E-state index contributed by atoms with van der Waals surface area (Å²) in [5.74, 6) is -0.396. The summed E-state index contributed by atoms with van der Waals surface area (Å²) >= 11 is 1.57. The molecule has 2 rings (SSSR count). The number of hydrogen-bond donors (Lipinski definition) is 1. The van der Waals surface area contributed by atoms with Gasteiger partial charge in [0.2, 0.25) is 0 Å². The lowest BCUT2D eigenvalue weighted by Crippen LogP contribution is -2.25. The number of carbonyl (C=O) groups excluding carboxylic acids is 2. The molecular weight excluding hydrogens is 238 g/mol. The van der Waals surface area contributed by atoms with E-state index in [-0.39, 0.29) is 18.3 Å². The Labute approximate surface area is 104 Å². The summed E-state index contributed by atoms with van der Waals surface area (Å²) in [6, 6.07) is 1.97. The fourth-order valence-corrected chi connectivity index (χ4v) is 3.08. The first-order valence-electron chi connectivity index (χ1n) is 5.67. The standard InChI is InChI=1S/C12H15NO3S/c1-16-11(14)5-6-13-12(15)10-7-8-3-2-4-9(8)17-10/h7H,2-6H2,1H3,(H,13,15). The van der Waals surface area contributed by atoms with E-state index in [2.05, 4.69) is 10.1 Å². The Morgan fingerprint density at radius 2 is 2.29 bits per heavy atom. The molecule has 0 radical (unpaired) electrons. The van der Waals surface area contributed by atoms with Crippen molar-refractivity contribution in [3.63, 3.8) is 0 Å². The average molecular weight is 253 g/mol. The molecule has 1 heterocycles. The molecule has 0 spiro atoms. The predicted octanol–water partition coefficient (Wildman–Crippen LogP) is 1.53. The lowest BCUT2D eigenvalue weighted by atomic mass is 10.2. The first-order valence-corrected chi connectivity index (χ1v) is 6.49. The number of aryl methyl sites for hydroxylation is 2. The van der Waals surface area contributed by atoms with E-state index in [9.17, 15) is 9.59 Å². The van der Waals surface area contributed by atoms with Crippen LogP contribution in [0.2, 0.25) is 0 Å². The van der Waals surface area contributed by atoms with Crippen molar-refractivity contribution in [2.45, 2.75) is 25.7 Å². The molecule has 1 amide bonds.